The molecule has 2 aromatic carbocycles. The van der Waals surface area contributed by atoms with E-state index in [1.165, 1.54) is 13.8 Å². The van der Waals surface area contributed by atoms with Crippen LogP contribution in [0.15, 0.2) is 54.6 Å². The Morgan fingerprint density at radius 2 is 1.73 bits per heavy atom. The lowest BCUT2D eigenvalue weighted by molar-refractivity contribution is -0.114. The van der Waals surface area contributed by atoms with Gasteiger partial charge < -0.3 is 15.0 Å². The Balaban J connectivity index is 1.68. The molecular formula is C20H18N2O4. The number of carbonyl (C=O) groups excluding carboxylic acids is 3. The lowest BCUT2D eigenvalue weighted by atomic mass is 10.1. The van der Waals surface area contributed by atoms with E-state index in [-0.39, 0.29) is 11.7 Å². The number of ether oxygens (including phenoxy) is 1. The Labute approximate surface area is 150 Å². The summed E-state index contributed by atoms with van der Waals surface area (Å²) >= 11 is 0. The van der Waals surface area contributed by atoms with Gasteiger partial charge >= 0.3 is 5.97 Å². The molecule has 0 unspecified atom stereocenters. The molecule has 3 rings (SSSR count). The molecule has 0 bridgehead atoms. The highest BCUT2D eigenvalue weighted by atomic mass is 16.5. The van der Waals surface area contributed by atoms with Crippen LogP contribution >= 0.6 is 0 Å². The summed E-state index contributed by atoms with van der Waals surface area (Å²) in [4.78, 5) is 38.7. The Morgan fingerprint density at radius 3 is 2.38 bits per heavy atom. The number of anilines is 1. The van der Waals surface area contributed by atoms with Crippen molar-refractivity contribution < 1.29 is 19.1 Å². The molecule has 0 fully saturated rings. The molecule has 3 aromatic rings. The van der Waals surface area contributed by atoms with Crippen LogP contribution in [0.1, 0.15) is 34.7 Å². The summed E-state index contributed by atoms with van der Waals surface area (Å²) in [5.41, 5.74) is 2.12. The van der Waals surface area contributed by atoms with Crippen LogP contribution in [-0.4, -0.2) is 28.7 Å². The molecule has 0 aliphatic carbocycles. The molecule has 1 aromatic heterocycles. The molecule has 0 aliphatic heterocycles. The van der Waals surface area contributed by atoms with Crippen molar-refractivity contribution in [2.45, 2.75) is 20.0 Å². The summed E-state index contributed by atoms with van der Waals surface area (Å²) in [6, 6.07) is 15.6. The monoisotopic (exact) mass is 350 g/mol. The van der Waals surface area contributed by atoms with E-state index < -0.39 is 12.1 Å². The van der Waals surface area contributed by atoms with Crippen molar-refractivity contribution in [1.82, 2.24) is 4.98 Å². The summed E-state index contributed by atoms with van der Waals surface area (Å²) < 4.78 is 5.29. The number of esters is 1. The van der Waals surface area contributed by atoms with Crippen LogP contribution in [0, 0.1) is 0 Å². The number of amides is 1. The Morgan fingerprint density at radius 1 is 1.04 bits per heavy atom. The van der Waals surface area contributed by atoms with Crippen molar-refractivity contribution in [2.75, 3.05) is 5.32 Å². The lowest BCUT2D eigenvalue weighted by Gasteiger charge is -2.12. The molecule has 0 aliphatic rings. The minimum absolute atomic E-state index is 0.190. The molecule has 26 heavy (non-hydrogen) atoms. The first-order chi connectivity index (χ1) is 12.4. The van der Waals surface area contributed by atoms with Crippen LogP contribution in [0.4, 0.5) is 5.69 Å². The fourth-order valence-electron chi connectivity index (χ4n) is 2.62. The molecule has 0 saturated carbocycles. The van der Waals surface area contributed by atoms with Gasteiger partial charge in [0.05, 0.1) is 0 Å². The number of aromatic amines is 1. The summed E-state index contributed by atoms with van der Waals surface area (Å²) in [7, 11) is 0. The van der Waals surface area contributed by atoms with Crippen molar-refractivity contribution in [3.63, 3.8) is 0 Å². The zero-order valence-corrected chi connectivity index (χ0v) is 14.4. The molecule has 6 heteroatoms. The van der Waals surface area contributed by atoms with Gasteiger partial charge in [0.2, 0.25) is 11.7 Å². The van der Waals surface area contributed by atoms with Crippen LogP contribution in [0.5, 0.6) is 0 Å². The summed E-state index contributed by atoms with van der Waals surface area (Å²) in [6.07, 6.45) is -0.930. The maximum atomic E-state index is 12.4. The highest BCUT2D eigenvalue weighted by Gasteiger charge is 2.21. The minimum Gasteiger partial charge on any atom is -0.450 e. The van der Waals surface area contributed by atoms with Crippen LogP contribution < -0.4 is 5.32 Å². The quantitative estimate of drug-likeness (QED) is 0.544. The van der Waals surface area contributed by atoms with Gasteiger partial charge in [0.25, 0.3) is 0 Å². The topological polar surface area (TPSA) is 88.3 Å². The molecule has 1 atom stereocenters. The van der Waals surface area contributed by atoms with Gasteiger partial charge in [-0.05, 0) is 43.3 Å². The van der Waals surface area contributed by atoms with E-state index in [2.05, 4.69) is 10.3 Å². The Hall–Kier alpha value is -3.41. The van der Waals surface area contributed by atoms with Gasteiger partial charge in [0.15, 0.2) is 6.10 Å². The number of hydrogen-bond acceptors (Lipinski definition) is 4. The number of rotatable bonds is 5. The molecule has 0 saturated heterocycles. The molecule has 1 heterocycles. The van der Waals surface area contributed by atoms with Crippen LogP contribution in [0.25, 0.3) is 10.9 Å². The fraction of sp³-hybridized carbons (Fsp3) is 0.150. The SMILES string of the molecule is CC(=O)Nc1ccc(C(=O)[C@@H](C)OC(=O)c2cc3ccccc3[nH]2)cc1. The molecule has 0 spiro atoms. The minimum atomic E-state index is -0.930. The average Bonchev–Trinajstić information content (AvgIpc) is 3.05. The molecule has 132 valence electrons. The van der Waals surface area contributed by atoms with E-state index in [0.717, 1.165) is 10.9 Å². The number of ketones is 1. The van der Waals surface area contributed by atoms with Crippen molar-refractivity contribution in [1.29, 1.82) is 0 Å². The fourth-order valence-corrected chi connectivity index (χ4v) is 2.62. The van der Waals surface area contributed by atoms with Crippen molar-refractivity contribution in [2.24, 2.45) is 0 Å². The van der Waals surface area contributed by atoms with Gasteiger partial charge in [-0.2, -0.15) is 0 Å². The Kier molecular flexibility index (Phi) is 4.84. The third kappa shape index (κ3) is 3.80. The number of H-pyrrole nitrogens is 1. The third-order valence-corrected chi connectivity index (χ3v) is 3.89. The number of benzene rings is 2. The first kappa shape index (κ1) is 17.4. The first-order valence-electron chi connectivity index (χ1n) is 8.14. The Bertz CT molecular complexity index is 940. The molecular weight excluding hydrogens is 332 g/mol. The van der Waals surface area contributed by atoms with Crippen LogP contribution in [-0.2, 0) is 9.53 Å². The zero-order chi connectivity index (χ0) is 18.7. The predicted molar refractivity (Wildman–Crippen MR) is 98.3 cm³/mol. The third-order valence-electron chi connectivity index (χ3n) is 3.89. The maximum Gasteiger partial charge on any atom is 0.355 e. The van der Waals surface area contributed by atoms with E-state index in [0.29, 0.717) is 16.9 Å². The second kappa shape index (κ2) is 7.23. The number of nitrogens with one attached hydrogen (secondary N) is 2. The number of carbonyl (C=O) groups is 3. The molecule has 0 radical (unpaired) electrons. The normalized spacial score (nSPS) is 11.8. The van der Waals surface area contributed by atoms with Gasteiger partial charge in [0.1, 0.15) is 5.69 Å². The summed E-state index contributed by atoms with van der Waals surface area (Å²) in [5.74, 6) is -1.09. The highest BCUT2D eigenvalue weighted by molar-refractivity contribution is 6.02. The average molecular weight is 350 g/mol. The predicted octanol–water partition coefficient (Wildman–Crippen LogP) is 3.55. The van der Waals surface area contributed by atoms with Gasteiger partial charge in [-0.1, -0.05) is 18.2 Å². The van der Waals surface area contributed by atoms with E-state index >= 15 is 0 Å². The van der Waals surface area contributed by atoms with E-state index in [1.807, 2.05) is 24.3 Å². The summed E-state index contributed by atoms with van der Waals surface area (Å²) in [6.45, 7) is 2.94. The van der Waals surface area contributed by atoms with Crippen molar-refractivity contribution >= 4 is 34.3 Å². The largest absolute Gasteiger partial charge is 0.450 e. The van der Waals surface area contributed by atoms with E-state index in [4.69, 9.17) is 4.74 Å². The van der Waals surface area contributed by atoms with Gasteiger partial charge in [-0.25, -0.2) is 4.79 Å². The molecule has 6 nitrogen and oxygen atoms in total. The van der Waals surface area contributed by atoms with Crippen molar-refractivity contribution in [3.05, 3.63) is 65.9 Å². The smallest absolute Gasteiger partial charge is 0.355 e. The second-order valence-corrected chi connectivity index (χ2v) is 5.94. The van der Waals surface area contributed by atoms with E-state index in [1.54, 1.807) is 30.3 Å². The number of fused-ring (bicyclic) bond motifs is 1. The first-order valence-corrected chi connectivity index (χ1v) is 8.14. The number of Topliss-reactive ketones (excluding diaryl/α,β-unsaturated/α-hetero) is 1. The number of para-hydroxylation sites is 1. The zero-order valence-electron chi connectivity index (χ0n) is 14.4. The van der Waals surface area contributed by atoms with Crippen molar-refractivity contribution in [3.8, 4) is 0 Å². The van der Waals surface area contributed by atoms with Gasteiger partial charge in [-0.15, -0.1) is 0 Å². The number of aromatic nitrogens is 1. The van der Waals surface area contributed by atoms with Gasteiger partial charge in [0, 0.05) is 29.1 Å². The second-order valence-electron chi connectivity index (χ2n) is 5.94. The van der Waals surface area contributed by atoms with Gasteiger partial charge in [-0.3, -0.25) is 9.59 Å². The molecule has 1 amide bonds. The highest BCUT2D eigenvalue weighted by Crippen LogP contribution is 2.17. The lowest BCUT2D eigenvalue weighted by Crippen LogP contribution is -2.24. The standard InChI is InChI=1S/C20H18N2O4/c1-12(19(24)14-7-9-16(10-8-14)21-13(2)23)26-20(25)18-11-15-5-3-4-6-17(15)22-18/h3-12,22H,1-2H3,(H,21,23)/t12-/m1/s1. The number of hydrogen-bond donors (Lipinski definition) is 2. The maximum absolute atomic E-state index is 12.4. The summed E-state index contributed by atoms with van der Waals surface area (Å²) in [5, 5.41) is 3.52. The van der Waals surface area contributed by atoms with Crippen LogP contribution in [0.2, 0.25) is 0 Å². The van der Waals surface area contributed by atoms with Crippen LogP contribution in [0.3, 0.4) is 0 Å². The molecule has 2 N–H and O–H groups in total. The van der Waals surface area contributed by atoms with E-state index in [9.17, 15) is 14.4 Å².